The van der Waals surface area contributed by atoms with Crippen molar-refractivity contribution in [2.45, 2.75) is 0 Å². The highest BCUT2D eigenvalue weighted by Gasteiger charge is 2.19. The molecule has 14 aromatic rings. The lowest BCUT2D eigenvalue weighted by molar-refractivity contribution is 0.668. The zero-order chi connectivity index (χ0) is 41.9. The van der Waals surface area contributed by atoms with Crippen molar-refractivity contribution in [3.63, 3.8) is 0 Å². The molecule has 4 heterocycles. The monoisotopic (exact) mass is 816 g/mol. The standard InChI is InChI=1S/C60H36N2O2/c1-2-12-41(13-3-1)61-53-19-9-6-16-45(53)48-32-37(22-27-55(48)61)38-23-28-56-49(33-38)46-17-7-10-20-54(46)62(56)42-26-31-60-52(36-42)51-35-40(25-30-59(51)64-60)44-15-5-4-14-43(44)39-24-29-58-50(34-39)47-18-8-11-21-57(47)63-58/h1-36H. The summed E-state index contributed by atoms with van der Waals surface area (Å²) >= 11 is 0. The first-order valence-electron chi connectivity index (χ1n) is 21.8. The van der Waals surface area contributed by atoms with Crippen LogP contribution in [0.15, 0.2) is 227 Å². The van der Waals surface area contributed by atoms with Crippen LogP contribution in [0.3, 0.4) is 0 Å². The molecular weight excluding hydrogens is 781 g/mol. The lowest BCUT2D eigenvalue weighted by Crippen LogP contribution is -1.93. The van der Waals surface area contributed by atoms with Crippen LogP contribution in [0.4, 0.5) is 0 Å². The van der Waals surface area contributed by atoms with E-state index in [0.717, 1.165) is 71.9 Å². The van der Waals surface area contributed by atoms with Gasteiger partial charge < -0.3 is 18.0 Å². The van der Waals surface area contributed by atoms with Crippen LogP contribution >= 0.6 is 0 Å². The number of benzene rings is 10. The Labute approximate surface area is 367 Å². The third-order valence-electron chi connectivity index (χ3n) is 13.3. The molecular formula is C60H36N2O2. The van der Waals surface area contributed by atoms with Crippen molar-refractivity contribution in [2.24, 2.45) is 0 Å². The number of aromatic nitrogens is 2. The Morgan fingerprint density at radius 3 is 1.25 bits per heavy atom. The van der Waals surface area contributed by atoms with Crippen LogP contribution in [0, 0.1) is 0 Å². The van der Waals surface area contributed by atoms with Gasteiger partial charge in [0.05, 0.1) is 22.1 Å². The van der Waals surface area contributed by atoms with Crippen molar-refractivity contribution in [1.82, 2.24) is 9.13 Å². The van der Waals surface area contributed by atoms with Crippen molar-refractivity contribution in [3.05, 3.63) is 218 Å². The Morgan fingerprint density at radius 2 is 0.641 bits per heavy atom. The lowest BCUT2D eigenvalue weighted by atomic mass is 9.93. The molecule has 0 fully saturated rings. The molecule has 64 heavy (non-hydrogen) atoms. The van der Waals surface area contributed by atoms with Gasteiger partial charge in [0.15, 0.2) is 0 Å². The van der Waals surface area contributed by atoms with E-state index in [1.807, 2.05) is 12.1 Å². The summed E-state index contributed by atoms with van der Waals surface area (Å²) in [5.74, 6) is 0. The molecule has 0 N–H and O–H groups in total. The largest absolute Gasteiger partial charge is 0.456 e. The van der Waals surface area contributed by atoms with Crippen LogP contribution in [-0.4, -0.2) is 9.13 Å². The molecule has 4 aromatic heterocycles. The van der Waals surface area contributed by atoms with Gasteiger partial charge in [0, 0.05) is 54.5 Å². The first kappa shape index (κ1) is 35.0. The van der Waals surface area contributed by atoms with Crippen molar-refractivity contribution in [3.8, 4) is 44.8 Å². The Balaban J connectivity index is 0.888. The first-order chi connectivity index (χ1) is 31.7. The Hall–Kier alpha value is -8.60. The van der Waals surface area contributed by atoms with Crippen LogP contribution in [0.5, 0.6) is 0 Å². The molecule has 14 rings (SSSR count). The number of para-hydroxylation sites is 4. The van der Waals surface area contributed by atoms with Crippen molar-refractivity contribution in [1.29, 1.82) is 0 Å². The molecule has 0 aliphatic carbocycles. The summed E-state index contributed by atoms with van der Waals surface area (Å²) in [5, 5.41) is 9.37. The highest BCUT2D eigenvalue weighted by Crippen LogP contribution is 2.42. The van der Waals surface area contributed by atoms with Gasteiger partial charge in [0.2, 0.25) is 0 Å². The van der Waals surface area contributed by atoms with E-state index in [0.29, 0.717) is 0 Å². The van der Waals surface area contributed by atoms with Crippen LogP contribution in [0.2, 0.25) is 0 Å². The summed E-state index contributed by atoms with van der Waals surface area (Å²) in [7, 11) is 0. The molecule has 0 aliphatic heterocycles. The van der Waals surface area contributed by atoms with Crippen molar-refractivity contribution < 1.29 is 8.83 Å². The minimum Gasteiger partial charge on any atom is -0.456 e. The fraction of sp³-hybridized carbons (Fsp3) is 0. The minimum absolute atomic E-state index is 0.869. The maximum Gasteiger partial charge on any atom is 0.135 e. The number of fused-ring (bicyclic) bond motifs is 12. The highest BCUT2D eigenvalue weighted by molar-refractivity contribution is 6.14. The first-order valence-corrected chi connectivity index (χ1v) is 21.8. The minimum atomic E-state index is 0.869. The molecule has 0 atom stereocenters. The van der Waals surface area contributed by atoms with Gasteiger partial charge in [-0.3, -0.25) is 0 Å². The number of rotatable bonds is 5. The third-order valence-corrected chi connectivity index (χ3v) is 13.3. The Bertz CT molecular complexity index is 4200. The van der Waals surface area contributed by atoms with Crippen molar-refractivity contribution >= 4 is 87.5 Å². The van der Waals surface area contributed by atoms with E-state index in [4.69, 9.17) is 8.83 Å². The van der Waals surface area contributed by atoms with Crippen LogP contribution in [0.25, 0.3) is 132 Å². The summed E-state index contributed by atoms with van der Waals surface area (Å²) < 4.78 is 17.5. The number of nitrogens with zero attached hydrogens (tertiary/aromatic N) is 2. The average molecular weight is 817 g/mol. The third kappa shape index (κ3) is 5.17. The fourth-order valence-electron chi connectivity index (χ4n) is 10.4. The summed E-state index contributed by atoms with van der Waals surface area (Å²) in [4.78, 5) is 0. The zero-order valence-corrected chi connectivity index (χ0v) is 34.5. The second kappa shape index (κ2) is 13.4. The average Bonchev–Trinajstić information content (AvgIpc) is 4.11. The fourth-order valence-corrected chi connectivity index (χ4v) is 10.4. The van der Waals surface area contributed by atoms with Crippen LogP contribution in [-0.2, 0) is 0 Å². The van der Waals surface area contributed by atoms with Gasteiger partial charge in [-0.1, -0.05) is 121 Å². The van der Waals surface area contributed by atoms with Gasteiger partial charge in [0.1, 0.15) is 22.3 Å². The molecule has 0 aliphatic rings. The Kier molecular flexibility index (Phi) is 7.36. The zero-order valence-electron chi connectivity index (χ0n) is 34.5. The summed E-state index contributed by atoms with van der Waals surface area (Å²) in [6, 6.07) is 78.6. The van der Waals surface area contributed by atoms with Crippen molar-refractivity contribution in [2.75, 3.05) is 0 Å². The molecule has 4 heteroatoms. The van der Waals surface area contributed by atoms with Gasteiger partial charge >= 0.3 is 0 Å². The molecule has 4 nitrogen and oxygen atoms in total. The van der Waals surface area contributed by atoms with Gasteiger partial charge in [-0.2, -0.15) is 0 Å². The van der Waals surface area contributed by atoms with Crippen LogP contribution in [0.1, 0.15) is 0 Å². The summed E-state index contributed by atoms with van der Waals surface area (Å²) in [5.41, 5.74) is 17.6. The van der Waals surface area contributed by atoms with Crippen LogP contribution < -0.4 is 0 Å². The topological polar surface area (TPSA) is 36.1 Å². The molecule has 0 spiro atoms. The van der Waals surface area contributed by atoms with Gasteiger partial charge in [-0.25, -0.2) is 0 Å². The van der Waals surface area contributed by atoms with E-state index in [-0.39, 0.29) is 0 Å². The van der Waals surface area contributed by atoms with E-state index in [1.165, 1.54) is 60.3 Å². The van der Waals surface area contributed by atoms with Gasteiger partial charge in [-0.05, 0) is 130 Å². The smallest absolute Gasteiger partial charge is 0.135 e. The quantitative estimate of drug-likeness (QED) is 0.173. The van der Waals surface area contributed by atoms with Gasteiger partial charge in [0.25, 0.3) is 0 Å². The normalized spacial score (nSPS) is 12.1. The van der Waals surface area contributed by atoms with E-state index < -0.39 is 0 Å². The molecule has 0 saturated carbocycles. The second-order valence-electron chi connectivity index (χ2n) is 16.9. The van der Waals surface area contributed by atoms with E-state index in [2.05, 4.69) is 215 Å². The molecule has 0 radical (unpaired) electrons. The molecule has 10 aromatic carbocycles. The summed E-state index contributed by atoms with van der Waals surface area (Å²) in [6.07, 6.45) is 0. The molecule has 0 saturated heterocycles. The lowest BCUT2D eigenvalue weighted by Gasteiger charge is -2.11. The number of hydrogen-bond donors (Lipinski definition) is 0. The number of furan rings is 2. The van der Waals surface area contributed by atoms with E-state index in [9.17, 15) is 0 Å². The second-order valence-corrected chi connectivity index (χ2v) is 16.9. The highest BCUT2D eigenvalue weighted by atomic mass is 16.3. The van der Waals surface area contributed by atoms with Gasteiger partial charge in [-0.15, -0.1) is 0 Å². The maximum absolute atomic E-state index is 6.51. The maximum atomic E-state index is 6.51. The molecule has 0 amide bonds. The Morgan fingerprint density at radius 1 is 0.234 bits per heavy atom. The molecule has 0 unspecified atom stereocenters. The van der Waals surface area contributed by atoms with E-state index in [1.54, 1.807) is 0 Å². The summed E-state index contributed by atoms with van der Waals surface area (Å²) in [6.45, 7) is 0. The SMILES string of the molecule is c1ccc(-n2c3ccccc3c3cc(-c4ccc5c(c4)c4ccccc4n5-c4ccc5oc6ccc(-c7ccccc7-c7ccc8oc9ccccc9c8c7)cc6c5c4)ccc32)cc1. The van der Waals surface area contributed by atoms with E-state index >= 15 is 0 Å². The predicted octanol–water partition coefficient (Wildman–Crippen LogP) is 16.7. The number of hydrogen-bond acceptors (Lipinski definition) is 2. The predicted molar refractivity (Wildman–Crippen MR) is 266 cm³/mol. The molecule has 298 valence electrons. The molecule has 0 bridgehead atoms.